The average Bonchev–Trinajstić information content (AvgIpc) is 2.80. The lowest BCUT2D eigenvalue weighted by Crippen LogP contribution is -2.48. The number of nitro groups is 1. The molecule has 2 fully saturated rings. The molecule has 0 spiro atoms. The number of rotatable bonds is 5. The molecule has 31 heavy (non-hydrogen) atoms. The van der Waals surface area contributed by atoms with Crippen molar-refractivity contribution >= 4 is 27.1 Å². The predicted octanol–water partition coefficient (Wildman–Crippen LogP) is 2.08. The van der Waals surface area contributed by atoms with Crippen LogP contribution in [0.5, 0.6) is 0 Å². The van der Waals surface area contributed by atoms with Crippen LogP contribution in [0.2, 0.25) is 0 Å². The maximum absolute atomic E-state index is 14.7. The molecular weight excluding hydrogens is 427 g/mol. The maximum atomic E-state index is 14.7. The molecule has 0 aromatic heterocycles. The molecule has 2 aromatic carbocycles. The van der Waals surface area contributed by atoms with E-state index >= 15 is 0 Å². The molecule has 2 heterocycles. The van der Waals surface area contributed by atoms with Crippen molar-refractivity contribution in [3.63, 3.8) is 0 Å². The molecule has 0 radical (unpaired) electrons. The predicted molar refractivity (Wildman–Crippen MR) is 114 cm³/mol. The topological polar surface area (TPSA) is 96.2 Å². The molecule has 2 aliphatic rings. The van der Waals surface area contributed by atoms with Gasteiger partial charge in [0.2, 0.25) is 10.0 Å². The van der Waals surface area contributed by atoms with E-state index in [1.165, 1.54) is 10.4 Å². The number of nitrogens with zero attached hydrogens (tertiary/aromatic N) is 4. The second-order valence-electron chi connectivity index (χ2n) is 7.35. The minimum Gasteiger partial charge on any atom is -0.378 e. The van der Waals surface area contributed by atoms with E-state index in [1.54, 1.807) is 35.2 Å². The number of sulfonamides is 1. The van der Waals surface area contributed by atoms with Crippen LogP contribution in [-0.2, 0) is 14.8 Å². The fraction of sp³-hybridized carbons (Fsp3) is 0.400. The van der Waals surface area contributed by atoms with Gasteiger partial charge in [-0.3, -0.25) is 10.1 Å². The van der Waals surface area contributed by atoms with E-state index in [9.17, 15) is 22.9 Å². The summed E-state index contributed by atoms with van der Waals surface area (Å²) in [5.41, 5.74) is 0.266. The zero-order valence-electron chi connectivity index (χ0n) is 16.8. The molecule has 4 rings (SSSR count). The zero-order valence-corrected chi connectivity index (χ0v) is 17.6. The number of hydrogen-bond donors (Lipinski definition) is 0. The number of benzene rings is 2. The summed E-state index contributed by atoms with van der Waals surface area (Å²) >= 11 is 0. The number of halogens is 1. The molecule has 2 aromatic rings. The van der Waals surface area contributed by atoms with Crippen LogP contribution in [-0.4, -0.2) is 70.1 Å². The molecule has 0 N–H and O–H groups in total. The number of piperazine rings is 1. The monoisotopic (exact) mass is 450 g/mol. The van der Waals surface area contributed by atoms with Crippen LogP contribution in [0.4, 0.5) is 21.5 Å². The summed E-state index contributed by atoms with van der Waals surface area (Å²) in [4.78, 5) is 14.8. The second-order valence-corrected chi connectivity index (χ2v) is 9.29. The summed E-state index contributed by atoms with van der Waals surface area (Å²) in [5, 5.41) is 11.6. The second kappa shape index (κ2) is 8.77. The molecule has 0 amide bonds. The molecule has 9 nitrogen and oxygen atoms in total. The molecule has 0 saturated carbocycles. The van der Waals surface area contributed by atoms with Crippen LogP contribution in [0.1, 0.15) is 0 Å². The van der Waals surface area contributed by atoms with Gasteiger partial charge in [-0.1, -0.05) is 18.2 Å². The highest BCUT2D eigenvalue weighted by molar-refractivity contribution is 7.89. The maximum Gasteiger partial charge on any atom is 0.295 e. The number of anilines is 2. The van der Waals surface area contributed by atoms with E-state index in [4.69, 9.17) is 4.74 Å². The van der Waals surface area contributed by atoms with Gasteiger partial charge in [-0.2, -0.15) is 4.31 Å². The van der Waals surface area contributed by atoms with E-state index in [-0.39, 0.29) is 36.8 Å². The van der Waals surface area contributed by atoms with Gasteiger partial charge in [-0.15, -0.1) is 0 Å². The third kappa shape index (κ3) is 4.34. The minimum atomic E-state index is -3.64. The summed E-state index contributed by atoms with van der Waals surface area (Å²) in [7, 11) is -3.64. The van der Waals surface area contributed by atoms with Crippen molar-refractivity contribution in [2.45, 2.75) is 4.90 Å². The van der Waals surface area contributed by atoms with Crippen LogP contribution >= 0.6 is 0 Å². The molecule has 166 valence electrons. The van der Waals surface area contributed by atoms with Crippen molar-refractivity contribution in [3.05, 3.63) is 58.4 Å². The van der Waals surface area contributed by atoms with Gasteiger partial charge in [0.15, 0.2) is 5.82 Å². The smallest absolute Gasteiger partial charge is 0.295 e. The largest absolute Gasteiger partial charge is 0.378 e. The van der Waals surface area contributed by atoms with Gasteiger partial charge in [0.1, 0.15) is 5.69 Å². The first-order chi connectivity index (χ1) is 14.9. The number of nitro benzene ring substituents is 1. The van der Waals surface area contributed by atoms with Gasteiger partial charge in [0, 0.05) is 39.3 Å². The first kappa shape index (κ1) is 21.5. The van der Waals surface area contributed by atoms with Crippen LogP contribution in [0.25, 0.3) is 0 Å². The summed E-state index contributed by atoms with van der Waals surface area (Å²) in [6, 6.07) is 10.6. The summed E-state index contributed by atoms with van der Waals surface area (Å²) < 4.78 is 47.0. The SMILES string of the molecule is O=[N+]([O-])c1cc(F)c(N2CCOCC2)cc1N1CCN(S(=O)(=O)c2ccccc2)CC1. The van der Waals surface area contributed by atoms with Crippen LogP contribution in [0, 0.1) is 15.9 Å². The quantitative estimate of drug-likeness (QED) is 0.508. The third-order valence-electron chi connectivity index (χ3n) is 5.55. The number of morpholine rings is 1. The Bertz CT molecular complexity index is 1050. The number of hydrogen-bond acceptors (Lipinski definition) is 7. The molecule has 0 unspecified atom stereocenters. The van der Waals surface area contributed by atoms with Gasteiger partial charge >= 0.3 is 0 Å². The Morgan fingerprint density at radius 2 is 1.52 bits per heavy atom. The van der Waals surface area contributed by atoms with Crippen LogP contribution < -0.4 is 9.80 Å². The van der Waals surface area contributed by atoms with Crippen molar-refractivity contribution in [1.82, 2.24) is 4.31 Å². The number of ether oxygens (including phenoxy) is 1. The Balaban J connectivity index is 1.58. The lowest BCUT2D eigenvalue weighted by Gasteiger charge is -2.36. The molecule has 2 aliphatic heterocycles. The highest BCUT2D eigenvalue weighted by atomic mass is 32.2. The van der Waals surface area contributed by atoms with E-state index in [2.05, 4.69) is 0 Å². The fourth-order valence-corrected chi connectivity index (χ4v) is 5.34. The molecule has 2 saturated heterocycles. The van der Waals surface area contributed by atoms with Crippen LogP contribution in [0.3, 0.4) is 0 Å². The lowest BCUT2D eigenvalue weighted by atomic mass is 10.1. The van der Waals surface area contributed by atoms with E-state index in [1.807, 2.05) is 4.90 Å². The molecular formula is C20H23FN4O5S. The van der Waals surface area contributed by atoms with E-state index in [0.717, 1.165) is 6.07 Å². The Labute approximate surface area is 179 Å². The van der Waals surface area contributed by atoms with Crippen LogP contribution in [0.15, 0.2) is 47.4 Å². The normalized spacial score (nSPS) is 18.2. The lowest BCUT2D eigenvalue weighted by molar-refractivity contribution is -0.384. The molecule has 0 bridgehead atoms. The highest BCUT2D eigenvalue weighted by Gasteiger charge is 2.32. The molecule has 0 atom stereocenters. The van der Waals surface area contributed by atoms with Crippen molar-refractivity contribution in [3.8, 4) is 0 Å². The van der Waals surface area contributed by atoms with E-state index < -0.39 is 20.8 Å². The van der Waals surface area contributed by atoms with Crippen molar-refractivity contribution in [2.24, 2.45) is 0 Å². The van der Waals surface area contributed by atoms with Crippen molar-refractivity contribution < 1.29 is 22.5 Å². The first-order valence-electron chi connectivity index (χ1n) is 9.99. The highest BCUT2D eigenvalue weighted by Crippen LogP contribution is 2.36. The molecule has 0 aliphatic carbocycles. The zero-order chi connectivity index (χ0) is 22.0. The Kier molecular flexibility index (Phi) is 6.08. The third-order valence-corrected chi connectivity index (χ3v) is 7.47. The Hall–Kier alpha value is -2.76. The first-order valence-corrected chi connectivity index (χ1v) is 11.4. The average molecular weight is 450 g/mol. The minimum absolute atomic E-state index is 0.179. The molecule has 11 heteroatoms. The standard InChI is InChI=1S/C20H23FN4O5S/c21-17-14-20(25(26)27)19(15-18(17)23-10-12-30-13-11-23)22-6-8-24(9-7-22)31(28,29)16-4-2-1-3-5-16/h1-5,14-15H,6-13H2. The van der Waals surface area contributed by atoms with Gasteiger partial charge in [0.05, 0.1) is 34.8 Å². The summed E-state index contributed by atoms with van der Waals surface area (Å²) in [5.74, 6) is -0.650. The van der Waals surface area contributed by atoms with Crippen molar-refractivity contribution in [2.75, 3.05) is 62.3 Å². The van der Waals surface area contributed by atoms with E-state index in [0.29, 0.717) is 37.7 Å². The van der Waals surface area contributed by atoms with Gasteiger partial charge in [-0.05, 0) is 18.2 Å². The summed E-state index contributed by atoms with van der Waals surface area (Å²) in [6.45, 7) is 2.80. The van der Waals surface area contributed by atoms with Gasteiger partial charge < -0.3 is 14.5 Å². The Morgan fingerprint density at radius 3 is 2.13 bits per heavy atom. The fourth-order valence-electron chi connectivity index (χ4n) is 3.90. The Morgan fingerprint density at radius 1 is 0.903 bits per heavy atom. The summed E-state index contributed by atoms with van der Waals surface area (Å²) in [6.07, 6.45) is 0. The van der Waals surface area contributed by atoms with Crippen molar-refractivity contribution in [1.29, 1.82) is 0 Å². The van der Waals surface area contributed by atoms with Gasteiger partial charge in [0.25, 0.3) is 5.69 Å². The van der Waals surface area contributed by atoms with Gasteiger partial charge in [-0.25, -0.2) is 12.8 Å².